The number of rotatable bonds is 3. The highest BCUT2D eigenvalue weighted by atomic mass is 16.4. The van der Waals surface area contributed by atoms with E-state index in [1.807, 2.05) is 18.3 Å². The number of carboxylic acid groups (broad SMARTS) is 1. The summed E-state index contributed by atoms with van der Waals surface area (Å²) in [5.74, 6) is -0.447. The van der Waals surface area contributed by atoms with Crippen LogP contribution in [0.3, 0.4) is 0 Å². The number of carbonyl (C=O) groups is 1. The molecule has 0 atom stereocenters. The summed E-state index contributed by atoms with van der Waals surface area (Å²) in [6, 6.07) is 8.20. The Labute approximate surface area is 116 Å². The molecule has 1 N–H and O–H groups in total. The predicted octanol–water partition coefficient (Wildman–Crippen LogP) is 1.76. The minimum atomic E-state index is -0.894. The van der Waals surface area contributed by atoms with E-state index in [1.54, 1.807) is 11.9 Å². The van der Waals surface area contributed by atoms with Gasteiger partial charge in [0.1, 0.15) is 6.54 Å². The van der Waals surface area contributed by atoms with Crippen molar-refractivity contribution in [2.75, 3.05) is 18.5 Å². The molecule has 1 aliphatic rings. The van der Waals surface area contributed by atoms with Crippen molar-refractivity contribution >= 4 is 11.9 Å². The molecule has 102 valence electrons. The molecular formula is C15H15N3O2. The highest BCUT2D eigenvalue weighted by molar-refractivity contribution is 5.73. The zero-order chi connectivity index (χ0) is 14.1. The lowest BCUT2D eigenvalue weighted by Crippen LogP contribution is -2.27. The number of likely N-dealkylation sites (N-methyl/N-ethyl adjacent to an activating group) is 1. The average Bonchev–Trinajstić information content (AvgIpc) is 2.46. The molecule has 3 rings (SSSR count). The number of nitrogens with zero attached hydrogens (tertiary/aromatic N) is 3. The van der Waals surface area contributed by atoms with Crippen molar-refractivity contribution in [3.8, 4) is 11.3 Å². The molecule has 0 fully saturated rings. The summed E-state index contributed by atoms with van der Waals surface area (Å²) in [5, 5.41) is 8.84. The van der Waals surface area contributed by atoms with Gasteiger partial charge in [-0.05, 0) is 24.0 Å². The number of carboxylic acids is 1. The topological polar surface area (TPSA) is 66.3 Å². The van der Waals surface area contributed by atoms with Gasteiger partial charge in [-0.2, -0.15) is 0 Å². The standard InChI is InChI=1S/C15H15N3O2/c1-18(9-13(19)20)15-16-8-11-7-6-10-4-2-3-5-12(10)14(11)17-15/h2-5,8H,6-7,9H2,1H3,(H,19,20). The fraction of sp³-hybridized carbons (Fsp3) is 0.267. The molecule has 0 unspecified atom stereocenters. The molecule has 0 spiro atoms. The van der Waals surface area contributed by atoms with Crippen molar-refractivity contribution in [2.45, 2.75) is 12.8 Å². The van der Waals surface area contributed by atoms with Crippen LogP contribution in [0.4, 0.5) is 5.95 Å². The van der Waals surface area contributed by atoms with E-state index in [0.29, 0.717) is 5.95 Å². The van der Waals surface area contributed by atoms with E-state index in [0.717, 1.165) is 29.7 Å². The second-order valence-corrected chi connectivity index (χ2v) is 4.95. The number of hydrogen-bond donors (Lipinski definition) is 1. The van der Waals surface area contributed by atoms with Gasteiger partial charge in [0.2, 0.25) is 5.95 Å². The number of anilines is 1. The molecule has 5 nitrogen and oxygen atoms in total. The SMILES string of the molecule is CN(CC(=O)O)c1ncc2c(n1)-c1ccccc1CC2. The van der Waals surface area contributed by atoms with Crippen LogP contribution in [-0.4, -0.2) is 34.6 Å². The van der Waals surface area contributed by atoms with Gasteiger partial charge in [0.15, 0.2) is 0 Å². The largest absolute Gasteiger partial charge is 0.480 e. The van der Waals surface area contributed by atoms with Crippen molar-refractivity contribution in [3.05, 3.63) is 41.6 Å². The average molecular weight is 269 g/mol. The first kappa shape index (κ1) is 12.6. The summed E-state index contributed by atoms with van der Waals surface area (Å²) >= 11 is 0. The summed E-state index contributed by atoms with van der Waals surface area (Å²) in [5.41, 5.74) is 4.46. The normalized spacial score (nSPS) is 12.4. The third-order valence-corrected chi connectivity index (χ3v) is 3.50. The quantitative estimate of drug-likeness (QED) is 0.919. The van der Waals surface area contributed by atoms with E-state index < -0.39 is 5.97 Å². The van der Waals surface area contributed by atoms with E-state index in [4.69, 9.17) is 5.11 Å². The van der Waals surface area contributed by atoms with Crippen LogP contribution in [0.25, 0.3) is 11.3 Å². The van der Waals surface area contributed by atoms with E-state index in [-0.39, 0.29) is 6.54 Å². The number of benzene rings is 1. The Balaban J connectivity index is 2.03. The van der Waals surface area contributed by atoms with Crippen LogP contribution in [0.15, 0.2) is 30.5 Å². The number of aromatic nitrogens is 2. The summed E-state index contributed by atoms with van der Waals surface area (Å²) in [6.45, 7) is -0.111. The number of hydrogen-bond acceptors (Lipinski definition) is 4. The number of aliphatic carboxylic acids is 1. The molecule has 0 saturated heterocycles. The summed E-state index contributed by atoms with van der Waals surface area (Å²) in [6.07, 6.45) is 3.73. The maximum Gasteiger partial charge on any atom is 0.323 e. The van der Waals surface area contributed by atoms with Gasteiger partial charge < -0.3 is 10.0 Å². The first-order valence-corrected chi connectivity index (χ1v) is 6.52. The number of fused-ring (bicyclic) bond motifs is 3. The molecule has 20 heavy (non-hydrogen) atoms. The maximum absolute atomic E-state index is 10.8. The highest BCUT2D eigenvalue weighted by Gasteiger charge is 2.19. The first-order chi connectivity index (χ1) is 9.65. The minimum absolute atomic E-state index is 0.111. The van der Waals surface area contributed by atoms with Crippen LogP contribution in [0.1, 0.15) is 11.1 Å². The Morgan fingerprint density at radius 2 is 2.05 bits per heavy atom. The third-order valence-electron chi connectivity index (χ3n) is 3.50. The van der Waals surface area contributed by atoms with Crippen molar-refractivity contribution in [1.82, 2.24) is 9.97 Å². The Hall–Kier alpha value is -2.43. The van der Waals surface area contributed by atoms with Crippen molar-refractivity contribution in [3.63, 3.8) is 0 Å². The van der Waals surface area contributed by atoms with Crippen LogP contribution in [-0.2, 0) is 17.6 Å². The number of aryl methyl sites for hydroxylation is 2. The Morgan fingerprint density at radius 3 is 2.85 bits per heavy atom. The Bertz CT molecular complexity index is 670. The zero-order valence-electron chi connectivity index (χ0n) is 11.2. The van der Waals surface area contributed by atoms with Crippen molar-refractivity contribution < 1.29 is 9.90 Å². The van der Waals surface area contributed by atoms with Crippen LogP contribution < -0.4 is 4.90 Å². The van der Waals surface area contributed by atoms with Crippen LogP contribution in [0.5, 0.6) is 0 Å². The molecule has 5 heteroatoms. The van der Waals surface area contributed by atoms with E-state index in [2.05, 4.69) is 22.1 Å². The molecule has 1 aromatic heterocycles. The van der Waals surface area contributed by atoms with E-state index in [1.165, 1.54) is 5.56 Å². The zero-order valence-corrected chi connectivity index (χ0v) is 11.2. The van der Waals surface area contributed by atoms with Gasteiger partial charge in [0.25, 0.3) is 0 Å². The fourth-order valence-electron chi connectivity index (χ4n) is 2.51. The molecule has 0 radical (unpaired) electrons. The molecule has 1 aliphatic carbocycles. The molecule has 0 amide bonds. The lowest BCUT2D eigenvalue weighted by atomic mass is 9.90. The molecular weight excluding hydrogens is 254 g/mol. The van der Waals surface area contributed by atoms with Crippen LogP contribution in [0.2, 0.25) is 0 Å². The molecule has 0 aliphatic heterocycles. The van der Waals surface area contributed by atoms with Crippen molar-refractivity contribution in [1.29, 1.82) is 0 Å². The summed E-state index contributed by atoms with van der Waals surface area (Å²) < 4.78 is 0. The lowest BCUT2D eigenvalue weighted by Gasteiger charge is -2.21. The van der Waals surface area contributed by atoms with Crippen LogP contribution in [0, 0.1) is 0 Å². The second kappa shape index (κ2) is 4.92. The monoisotopic (exact) mass is 269 g/mol. The predicted molar refractivity (Wildman–Crippen MR) is 75.8 cm³/mol. The smallest absolute Gasteiger partial charge is 0.323 e. The minimum Gasteiger partial charge on any atom is -0.480 e. The Kier molecular flexibility index (Phi) is 3.10. The maximum atomic E-state index is 10.8. The highest BCUT2D eigenvalue weighted by Crippen LogP contribution is 2.32. The van der Waals surface area contributed by atoms with Crippen molar-refractivity contribution in [2.24, 2.45) is 0 Å². The first-order valence-electron chi connectivity index (χ1n) is 6.52. The van der Waals surface area contributed by atoms with Gasteiger partial charge in [-0.3, -0.25) is 4.79 Å². The molecule has 1 heterocycles. The second-order valence-electron chi connectivity index (χ2n) is 4.95. The molecule has 1 aromatic carbocycles. The van der Waals surface area contributed by atoms with Crippen LogP contribution >= 0.6 is 0 Å². The van der Waals surface area contributed by atoms with E-state index in [9.17, 15) is 4.79 Å². The summed E-state index contributed by atoms with van der Waals surface area (Å²) in [7, 11) is 1.69. The van der Waals surface area contributed by atoms with Gasteiger partial charge in [-0.15, -0.1) is 0 Å². The van der Waals surface area contributed by atoms with E-state index >= 15 is 0 Å². The molecule has 2 aromatic rings. The summed E-state index contributed by atoms with van der Waals surface area (Å²) in [4.78, 5) is 21.1. The van der Waals surface area contributed by atoms with Gasteiger partial charge in [-0.25, -0.2) is 9.97 Å². The molecule has 0 saturated carbocycles. The van der Waals surface area contributed by atoms with Gasteiger partial charge >= 0.3 is 5.97 Å². The van der Waals surface area contributed by atoms with Gasteiger partial charge in [-0.1, -0.05) is 24.3 Å². The van der Waals surface area contributed by atoms with Gasteiger partial charge in [0.05, 0.1) is 5.69 Å². The fourth-order valence-corrected chi connectivity index (χ4v) is 2.51. The molecule has 0 bridgehead atoms. The Morgan fingerprint density at radius 1 is 1.30 bits per heavy atom. The van der Waals surface area contributed by atoms with Gasteiger partial charge in [0, 0.05) is 18.8 Å². The lowest BCUT2D eigenvalue weighted by molar-refractivity contribution is -0.135. The third kappa shape index (κ3) is 2.22.